The van der Waals surface area contributed by atoms with Crippen molar-refractivity contribution in [1.29, 1.82) is 0 Å². The van der Waals surface area contributed by atoms with Gasteiger partial charge in [0.2, 0.25) is 5.91 Å². The van der Waals surface area contributed by atoms with Crippen molar-refractivity contribution in [2.24, 2.45) is 0 Å². The highest BCUT2D eigenvalue weighted by Gasteiger charge is 2.23. The van der Waals surface area contributed by atoms with Crippen molar-refractivity contribution in [2.75, 3.05) is 17.7 Å². The molecule has 0 unspecified atom stereocenters. The number of aryl methyl sites for hydroxylation is 1. The molecule has 0 saturated carbocycles. The summed E-state index contributed by atoms with van der Waals surface area (Å²) < 4.78 is 5.16. The molecule has 0 aliphatic rings. The molecular formula is C20H21N3O3S2. The van der Waals surface area contributed by atoms with E-state index in [0.29, 0.717) is 17.2 Å². The predicted octanol–water partition coefficient (Wildman–Crippen LogP) is 4.47. The van der Waals surface area contributed by atoms with Gasteiger partial charge >= 0.3 is 5.97 Å². The number of hydrogen-bond acceptors (Lipinski definition) is 7. The lowest BCUT2D eigenvalue weighted by atomic mass is 10.1. The van der Waals surface area contributed by atoms with Crippen LogP contribution in [0.15, 0.2) is 35.6 Å². The number of anilines is 1. The molecule has 0 saturated heterocycles. The second kappa shape index (κ2) is 9.16. The van der Waals surface area contributed by atoms with Crippen LogP contribution in [-0.2, 0) is 16.0 Å². The topological polar surface area (TPSA) is 81.2 Å². The third kappa shape index (κ3) is 4.34. The summed E-state index contributed by atoms with van der Waals surface area (Å²) in [7, 11) is 0. The maximum Gasteiger partial charge on any atom is 0.341 e. The molecule has 0 fully saturated rings. The Kier molecular flexibility index (Phi) is 6.64. The molecule has 0 spiro atoms. The number of rotatable bonds is 7. The Labute approximate surface area is 171 Å². The quantitative estimate of drug-likeness (QED) is 0.348. The summed E-state index contributed by atoms with van der Waals surface area (Å²) in [4.78, 5) is 34.5. The molecule has 8 heteroatoms. The van der Waals surface area contributed by atoms with Crippen LogP contribution in [0, 0.1) is 6.92 Å². The van der Waals surface area contributed by atoms with E-state index in [-0.39, 0.29) is 11.7 Å². The molecule has 28 heavy (non-hydrogen) atoms. The Morgan fingerprint density at radius 1 is 1.21 bits per heavy atom. The van der Waals surface area contributed by atoms with Crippen LogP contribution in [0.1, 0.15) is 34.6 Å². The number of thioether (sulfide) groups is 1. The summed E-state index contributed by atoms with van der Waals surface area (Å²) in [6.07, 6.45) is 2.29. The van der Waals surface area contributed by atoms with Gasteiger partial charge in [-0.2, -0.15) is 0 Å². The number of carbonyl (C=O) groups excluding carboxylic acids is 2. The van der Waals surface area contributed by atoms with Crippen molar-refractivity contribution in [3.63, 3.8) is 0 Å². The number of nitrogens with one attached hydrogen (secondary N) is 1. The second-order valence-corrected chi connectivity index (χ2v) is 8.03. The van der Waals surface area contributed by atoms with Gasteiger partial charge in [-0.1, -0.05) is 36.9 Å². The van der Waals surface area contributed by atoms with Crippen molar-refractivity contribution in [3.8, 4) is 0 Å². The van der Waals surface area contributed by atoms with E-state index < -0.39 is 5.97 Å². The summed E-state index contributed by atoms with van der Waals surface area (Å²) in [5, 5.41) is 5.09. The van der Waals surface area contributed by atoms with Gasteiger partial charge in [-0.25, -0.2) is 14.8 Å². The minimum atomic E-state index is -0.402. The first-order valence-electron chi connectivity index (χ1n) is 8.96. The monoisotopic (exact) mass is 415 g/mol. The first-order chi connectivity index (χ1) is 13.5. The van der Waals surface area contributed by atoms with Crippen LogP contribution in [0.25, 0.3) is 10.9 Å². The highest BCUT2D eigenvalue weighted by molar-refractivity contribution is 8.00. The van der Waals surface area contributed by atoms with E-state index in [0.717, 1.165) is 32.8 Å². The molecule has 1 aromatic carbocycles. The van der Waals surface area contributed by atoms with Gasteiger partial charge in [0.05, 0.1) is 23.4 Å². The van der Waals surface area contributed by atoms with Gasteiger partial charge in [0.15, 0.2) is 0 Å². The SMILES string of the molecule is CCOC(=O)c1c(NC(=O)CSc2ncnc3ccccc23)sc(CC)c1C. The van der Waals surface area contributed by atoms with Gasteiger partial charge < -0.3 is 10.1 Å². The van der Waals surface area contributed by atoms with Crippen molar-refractivity contribution < 1.29 is 14.3 Å². The van der Waals surface area contributed by atoms with Crippen molar-refractivity contribution in [3.05, 3.63) is 46.6 Å². The average molecular weight is 416 g/mol. The Morgan fingerprint density at radius 3 is 2.75 bits per heavy atom. The number of aromatic nitrogens is 2. The van der Waals surface area contributed by atoms with Crippen molar-refractivity contribution in [2.45, 2.75) is 32.2 Å². The molecule has 0 atom stereocenters. The average Bonchev–Trinajstić information content (AvgIpc) is 3.01. The lowest BCUT2D eigenvalue weighted by molar-refractivity contribution is -0.113. The largest absolute Gasteiger partial charge is 0.462 e. The summed E-state index contributed by atoms with van der Waals surface area (Å²) in [6, 6.07) is 7.68. The second-order valence-electron chi connectivity index (χ2n) is 5.96. The van der Waals surface area contributed by atoms with Crippen LogP contribution in [-0.4, -0.2) is 34.2 Å². The number of carbonyl (C=O) groups is 2. The fourth-order valence-electron chi connectivity index (χ4n) is 2.83. The molecule has 0 radical (unpaired) electrons. The summed E-state index contributed by atoms with van der Waals surface area (Å²) >= 11 is 2.77. The number of esters is 1. The third-order valence-electron chi connectivity index (χ3n) is 4.15. The fraction of sp³-hybridized carbons (Fsp3) is 0.300. The molecule has 1 N–H and O–H groups in total. The molecule has 3 aromatic rings. The number of hydrogen-bond donors (Lipinski definition) is 1. The van der Waals surface area contributed by atoms with E-state index in [1.807, 2.05) is 38.1 Å². The fourth-order valence-corrected chi connectivity index (χ4v) is 4.77. The zero-order chi connectivity index (χ0) is 20.1. The molecule has 2 aromatic heterocycles. The Morgan fingerprint density at radius 2 is 2.00 bits per heavy atom. The lowest BCUT2D eigenvalue weighted by Gasteiger charge is -2.08. The predicted molar refractivity (Wildman–Crippen MR) is 113 cm³/mol. The Hall–Kier alpha value is -2.45. The first kappa shape index (κ1) is 20.3. The van der Waals surface area contributed by atoms with E-state index >= 15 is 0 Å². The molecule has 0 bridgehead atoms. The van der Waals surface area contributed by atoms with Gasteiger partial charge in [0, 0.05) is 10.3 Å². The summed E-state index contributed by atoms with van der Waals surface area (Å²) in [5.41, 5.74) is 2.16. The summed E-state index contributed by atoms with van der Waals surface area (Å²) in [6.45, 7) is 5.97. The lowest BCUT2D eigenvalue weighted by Crippen LogP contribution is -2.16. The van der Waals surface area contributed by atoms with Crippen LogP contribution in [0.5, 0.6) is 0 Å². The minimum Gasteiger partial charge on any atom is -0.462 e. The highest BCUT2D eigenvalue weighted by atomic mass is 32.2. The smallest absolute Gasteiger partial charge is 0.341 e. The number of benzene rings is 1. The normalized spacial score (nSPS) is 10.8. The van der Waals surface area contributed by atoms with Crippen molar-refractivity contribution >= 4 is 50.9 Å². The van der Waals surface area contributed by atoms with Gasteiger partial charge in [0.25, 0.3) is 0 Å². The Balaban J connectivity index is 1.75. The Bertz CT molecular complexity index is 1010. The van der Waals surface area contributed by atoms with E-state index in [1.54, 1.807) is 6.92 Å². The maximum absolute atomic E-state index is 12.5. The zero-order valence-electron chi connectivity index (χ0n) is 15.9. The summed E-state index contributed by atoms with van der Waals surface area (Å²) in [5.74, 6) is -0.412. The number of ether oxygens (including phenoxy) is 1. The van der Waals surface area contributed by atoms with Crippen molar-refractivity contribution in [1.82, 2.24) is 9.97 Å². The van der Waals surface area contributed by atoms with Crippen LogP contribution >= 0.6 is 23.1 Å². The zero-order valence-corrected chi connectivity index (χ0v) is 17.6. The molecular weight excluding hydrogens is 394 g/mol. The van der Waals surface area contributed by atoms with E-state index in [1.165, 1.54) is 29.4 Å². The van der Waals surface area contributed by atoms with Gasteiger partial charge in [-0.05, 0) is 31.9 Å². The maximum atomic E-state index is 12.5. The number of thiophene rings is 1. The van der Waals surface area contributed by atoms with E-state index in [2.05, 4.69) is 15.3 Å². The molecule has 2 heterocycles. The molecule has 1 amide bonds. The van der Waals surface area contributed by atoms with Crippen LogP contribution in [0.4, 0.5) is 5.00 Å². The van der Waals surface area contributed by atoms with Gasteiger partial charge in [-0.15, -0.1) is 11.3 Å². The van der Waals surface area contributed by atoms with Crippen LogP contribution in [0.2, 0.25) is 0 Å². The molecule has 6 nitrogen and oxygen atoms in total. The molecule has 3 rings (SSSR count). The number of nitrogens with zero attached hydrogens (tertiary/aromatic N) is 2. The van der Waals surface area contributed by atoms with E-state index in [4.69, 9.17) is 4.74 Å². The molecule has 0 aliphatic heterocycles. The highest BCUT2D eigenvalue weighted by Crippen LogP contribution is 2.34. The molecule has 146 valence electrons. The number of fused-ring (bicyclic) bond motifs is 1. The van der Waals surface area contributed by atoms with Gasteiger partial charge in [0.1, 0.15) is 16.4 Å². The van der Waals surface area contributed by atoms with Crippen LogP contribution < -0.4 is 5.32 Å². The minimum absolute atomic E-state index is 0.182. The third-order valence-corrected chi connectivity index (χ3v) is 6.50. The number of amides is 1. The van der Waals surface area contributed by atoms with Crippen LogP contribution in [0.3, 0.4) is 0 Å². The first-order valence-corrected chi connectivity index (χ1v) is 10.8. The van der Waals surface area contributed by atoms with Gasteiger partial charge in [-0.3, -0.25) is 4.79 Å². The standard InChI is InChI=1S/C20H21N3O3S2/c1-4-15-12(3)17(20(25)26-5-2)19(28-15)23-16(24)10-27-18-13-8-6-7-9-14(13)21-11-22-18/h6-9,11H,4-5,10H2,1-3H3,(H,23,24). The molecule has 0 aliphatic carbocycles. The number of para-hydroxylation sites is 1. The van der Waals surface area contributed by atoms with E-state index in [9.17, 15) is 9.59 Å².